The molecule has 0 aliphatic rings. The maximum Gasteiger partial charge on any atom is 0.0847 e. The van der Waals surface area contributed by atoms with Gasteiger partial charge in [0.15, 0.2) is 0 Å². The van der Waals surface area contributed by atoms with E-state index >= 15 is 0 Å². The molecular formula is C11H15Cl2NO. The van der Waals surface area contributed by atoms with Crippen LogP contribution in [0.25, 0.3) is 0 Å². The third-order valence-corrected chi connectivity index (χ3v) is 3.07. The van der Waals surface area contributed by atoms with Crippen molar-refractivity contribution in [3.05, 3.63) is 28.3 Å². The van der Waals surface area contributed by atoms with Gasteiger partial charge in [0, 0.05) is 17.3 Å². The van der Waals surface area contributed by atoms with Crippen LogP contribution in [0.15, 0.2) is 12.1 Å². The van der Waals surface area contributed by atoms with Crippen molar-refractivity contribution in [2.75, 3.05) is 17.7 Å². The van der Waals surface area contributed by atoms with Crippen molar-refractivity contribution in [3.63, 3.8) is 0 Å². The lowest BCUT2D eigenvalue weighted by atomic mass is 10.1. The van der Waals surface area contributed by atoms with Crippen LogP contribution >= 0.6 is 23.2 Å². The summed E-state index contributed by atoms with van der Waals surface area (Å²) in [5.74, 6) is 0.228. The zero-order valence-electron chi connectivity index (χ0n) is 8.85. The molecule has 0 saturated heterocycles. The number of aryl methyl sites for hydroxylation is 1. The molecule has 1 unspecified atom stereocenters. The second-order valence-corrected chi connectivity index (χ2v) is 4.27. The summed E-state index contributed by atoms with van der Waals surface area (Å²) in [6, 6.07) is 3.82. The molecule has 0 amide bonds. The standard InChI is InChI=1S/C11H15Cl2NO/c1-7-3-4-10(13)8(2)11(7)14-6-9(15)5-12/h3-4,9,14-15H,5-6H2,1-2H3. The van der Waals surface area contributed by atoms with Gasteiger partial charge in [0.2, 0.25) is 0 Å². The monoisotopic (exact) mass is 247 g/mol. The number of benzene rings is 1. The van der Waals surface area contributed by atoms with Crippen molar-refractivity contribution in [1.82, 2.24) is 0 Å². The molecule has 0 bridgehead atoms. The lowest BCUT2D eigenvalue weighted by Gasteiger charge is -2.15. The predicted molar refractivity (Wildman–Crippen MR) is 66.1 cm³/mol. The molecule has 2 nitrogen and oxygen atoms in total. The summed E-state index contributed by atoms with van der Waals surface area (Å²) in [4.78, 5) is 0. The normalized spacial score (nSPS) is 12.6. The second-order valence-electron chi connectivity index (χ2n) is 3.55. The Kier molecular flexibility index (Phi) is 4.71. The van der Waals surface area contributed by atoms with E-state index in [9.17, 15) is 5.11 Å². The van der Waals surface area contributed by atoms with Crippen LogP contribution in [0.3, 0.4) is 0 Å². The van der Waals surface area contributed by atoms with Crippen LogP contribution in [0.1, 0.15) is 11.1 Å². The summed E-state index contributed by atoms with van der Waals surface area (Å²) in [7, 11) is 0. The minimum Gasteiger partial charge on any atom is -0.390 e. The Hall–Kier alpha value is -0.440. The first kappa shape index (κ1) is 12.6. The van der Waals surface area contributed by atoms with Crippen LogP contribution in [0, 0.1) is 13.8 Å². The second kappa shape index (κ2) is 5.59. The molecule has 0 spiro atoms. The summed E-state index contributed by atoms with van der Waals surface area (Å²) < 4.78 is 0. The Balaban J connectivity index is 2.80. The highest BCUT2D eigenvalue weighted by Gasteiger charge is 2.07. The molecule has 1 atom stereocenters. The quantitative estimate of drug-likeness (QED) is 0.803. The Morgan fingerprint density at radius 3 is 2.67 bits per heavy atom. The number of rotatable bonds is 4. The molecule has 1 rings (SSSR count). The molecule has 0 aromatic heterocycles. The number of halogens is 2. The van der Waals surface area contributed by atoms with Crippen LogP contribution in [0.5, 0.6) is 0 Å². The maximum absolute atomic E-state index is 9.34. The average molecular weight is 248 g/mol. The molecule has 15 heavy (non-hydrogen) atoms. The fourth-order valence-corrected chi connectivity index (χ4v) is 1.63. The smallest absolute Gasteiger partial charge is 0.0847 e. The van der Waals surface area contributed by atoms with Gasteiger partial charge in [-0.1, -0.05) is 17.7 Å². The molecule has 0 radical (unpaired) electrons. The van der Waals surface area contributed by atoms with Gasteiger partial charge < -0.3 is 10.4 Å². The Labute approximate surface area is 100 Å². The molecular weight excluding hydrogens is 233 g/mol. The highest BCUT2D eigenvalue weighted by atomic mass is 35.5. The van der Waals surface area contributed by atoms with Gasteiger partial charge in [-0.2, -0.15) is 0 Å². The Bertz CT molecular complexity index is 342. The molecule has 1 aromatic rings. The van der Waals surface area contributed by atoms with Crippen molar-refractivity contribution >= 4 is 28.9 Å². The fourth-order valence-electron chi connectivity index (χ4n) is 1.37. The van der Waals surface area contributed by atoms with E-state index in [1.807, 2.05) is 26.0 Å². The van der Waals surface area contributed by atoms with Crippen LogP contribution in [-0.2, 0) is 0 Å². The summed E-state index contributed by atoms with van der Waals surface area (Å²) in [6.45, 7) is 4.38. The number of nitrogens with one attached hydrogen (secondary N) is 1. The molecule has 0 saturated carbocycles. The largest absolute Gasteiger partial charge is 0.390 e. The van der Waals surface area contributed by atoms with Crippen LogP contribution in [0.4, 0.5) is 5.69 Å². The SMILES string of the molecule is Cc1ccc(Cl)c(C)c1NCC(O)CCl. The van der Waals surface area contributed by atoms with Crippen LogP contribution in [0.2, 0.25) is 5.02 Å². The van der Waals surface area contributed by atoms with Gasteiger partial charge in [0.25, 0.3) is 0 Å². The average Bonchev–Trinajstić information content (AvgIpc) is 2.23. The van der Waals surface area contributed by atoms with Crippen molar-refractivity contribution < 1.29 is 5.11 Å². The first-order valence-electron chi connectivity index (χ1n) is 4.80. The zero-order chi connectivity index (χ0) is 11.4. The van der Waals surface area contributed by atoms with Gasteiger partial charge in [0.1, 0.15) is 0 Å². The number of hydrogen-bond acceptors (Lipinski definition) is 2. The van der Waals surface area contributed by atoms with Crippen LogP contribution in [-0.4, -0.2) is 23.6 Å². The number of alkyl halides is 1. The molecule has 1 aromatic carbocycles. The van der Waals surface area contributed by atoms with Crippen molar-refractivity contribution in [3.8, 4) is 0 Å². The van der Waals surface area contributed by atoms with E-state index in [2.05, 4.69) is 5.32 Å². The zero-order valence-corrected chi connectivity index (χ0v) is 10.4. The lowest BCUT2D eigenvalue weighted by molar-refractivity contribution is 0.211. The predicted octanol–water partition coefficient (Wildman–Crippen LogP) is 2.97. The van der Waals surface area contributed by atoms with E-state index < -0.39 is 6.10 Å². The first-order chi connectivity index (χ1) is 7.06. The first-order valence-corrected chi connectivity index (χ1v) is 5.71. The van der Waals surface area contributed by atoms with E-state index in [0.717, 1.165) is 21.8 Å². The Morgan fingerprint density at radius 1 is 1.40 bits per heavy atom. The number of aliphatic hydroxyl groups excluding tert-OH is 1. The van der Waals surface area contributed by atoms with E-state index in [0.29, 0.717) is 6.54 Å². The Morgan fingerprint density at radius 2 is 2.07 bits per heavy atom. The minimum atomic E-state index is -0.538. The van der Waals surface area contributed by atoms with Crippen molar-refractivity contribution in [2.45, 2.75) is 20.0 Å². The van der Waals surface area contributed by atoms with Gasteiger partial charge in [-0.05, 0) is 31.0 Å². The van der Waals surface area contributed by atoms with Crippen molar-refractivity contribution in [2.24, 2.45) is 0 Å². The molecule has 0 fully saturated rings. The van der Waals surface area contributed by atoms with E-state index in [1.54, 1.807) is 0 Å². The van der Waals surface area contributed by atoms with Gasteiger partial charge >= 0.3 is 0 Å². The molecule has 2 N–H and O–H groups in total. The van der Waals surface area contributed by atoms with Crippen LogP contribution < -0.4 is 5.32 Å². The number of aliphatic hydroxyl groups is 1. The highest BCUT2D eigenvalue weighted by Crippen LogP contribution is 2.26. The summed E-state index contributed by atoms with van der Waals surface area (Å²) in [5, 5.41) is 13.2. The van der Waals surface area contributed by atoms with Gasteiger partial charge in [0.05, 0.1) is 12.0 Å². The minimum absolute atomic E-state index is 0.228. The van der Waals surface area contributed by atoms with E-state index in [1.165, 1.54) is 0 Å². The summed E-state index contributed by atoms with van der Waals surface area (Å²) in [6.07, 6.45) is -0.538. The van der Waals surface area contributed by atoms with Gasteiger partial charge in [-0.3, -0.25) is 0 Å². The molecule has 4 heteroatoms. The topological polar surface area (TPSA) is 32.3 Å². The van der Waals surface area contributed by atoms with Gasteiger partial charge in [-0.25, -0.2) is 0 Å². The van der Waals surface area contributed by atoms with E-state index in [-0.39, 0.29) is 5.88 Å². The summed E-state index contributed by atoms with van der Waals surface area (Å²) in [5.41, 5.74) is 3.09. The van der Waals surface area contributed by atoms with E-state index in [4.69, 9.17) is 23.2 Å². The molecule has 84 valence electrons. The highest BCUT2D eigenvalue weighted by molar-refractivity contribution is 6.31. The molecule has 0 aliphatic heterocycles. The van der Waals surface area contributed by atoms with Crippen molar-refractivity contribution in [1.29, 1.82) is 0 Å². The lowest BCUT2D eigenvalue weighted by Crippen LogP contribution is -2.21. The number of anilines is 1. The summed E-state index contributed by atoms with van der Waals surface area (Å²) >= 11 is 11.5. The fraction of sp³-hybridized carbons (Fsp3) is 0.455. The number of hydrogen-bond donors (Lipinski definition) is 2. The van der Waals surface area contributed by atoms with Gasteiger partial charge in [-0.15, -0.1) is 11.6 Å². The third-order valence-electron chi connectivity index (χ3n) is 2.30. The third kappa shape index (κ3) is 3.26. The molecule has 0 heterocycles. The maximum atomic E-state index is 9.34. The molecule has 0 aliphatic carbocycles.